The fourth-order valence-corrected chi connectivity index (χ4v) is 4.06. The van der Waals surface area contributed by atoms with E-state index >= 15 is 0 Å². The van der Waals surface area contributed by atoms with E-state index in [1.165, 1.54) is 42.4 Å². The molecule has 1 heterocycles. The quantitative estimate of drug-likeness (QED) is 0.359. The first-order chi connectivity index (χ1) is 9.99. The van der Waals surface area contributed by atoms with E-state index in [4.69, 9.17) is 11.1 Å². The molecule has 21 heavy (non-hydrogen) atoms. The summed E-state index contributed by atoms with van der Waals surface area (Å²) < 4.78 is 24.3. The van der Waals surface area contributed by atoms with E-state index < -0.39 is 9.84 Å². The Bertz CT molecular complexity index is 716. The number of rotatable bonds is 6. The van der Waals surface area contributed by atoms with Gasteiger partial charge in [-0.25, -0.2) is 18.4 Å². The minimum Gasteiger partial charge on any atom is -0.384 e. The predicted octanol–water partition coefficient (Wildman–Crippen LogP) is 1.33. The molecule has 0 saturated heterocycles. The van der Waals surface area contributed by atoms with Gasteiger partial charge < -0.3 is 5.73 Å². The Morgan fingerprint density at radius 1 is 1.24 bits per heavy atom. The van der Waals surface area contributed by atoms with Gasteiger partial charge in [0.25, 0.3) is 0 Å². The maximum absolute atomic E-state index is 12.2. The molecule has 0 aliphatic rings. The molecule has 0 spiro atoms. The van der Waals surface area contributed by atoms with Gasteiger partial charge in [0.15, 0.2) is 9.84 Å². The summed E-state index contributed by atoms with van der Waals surface area (Å²) in [4.78, 5) is 8.06. The second-order valence-corrected chi connectivity index (χ2v) is 7.38. The SMILES string of the molecule is N=C(N)c1ccc(S(=O)(=O)CCSc2ccncn2)cc1. The van der Waals surface area contributed by atoms with Crippen molar-refractivity contribution in [1.29, 1.82) is 5.41 Å². The fourth-order valence-electron chi connectivity index (χ4n) is 1.58. The molecular formula is C13H14N4O2S2. The lowest BCUT2D eigenvalue weighted by molar-refractivity contribution is 0.597. The highest BCUT2D eigenvalue weighted by Crippen LogP contribution is 2.17. The van der Waals surface area contributed by atoms with Crippen LogP contribution in [0.15, 0.2) is 52.8 Å². The van der Waals surface area contributed by atoms with Crippen LogP contribution in [0.5, 0.6) is 0 Å². The third-order valence-corrected chi connectivity index (χ3v) is 5.62. The molecule has 0 aliphatic heterocycles. The van der Waals surface area contributed by atoms with Crippen LogP contribution >= 0.6 is 11.8 Å². The van der Waals surface area contributed by atoms with Crippen molar-refractivity contribution in [3.05, 3.63) is 48.4 Å². The van der Waals surface area contributed by atoms with E-state index in [1.54, 1.807) is 12.3 Å². The average Bonchev–Trinajstić information content (AvgIpc) is 2.48. The van der Waals surface area contributed by atoms with E-state index in [1.807, 2.05) is 0 Å². The lowest BCUT2D eigenvalue weighted by Crippen LogP contribution is -2.12. The first-order valence-electron chi connectivity index (χ1n) is 6.05. The van der Waals surface area contributed by atoms with Crippen molar-refractivity contribution in [1.82, 2.24) is 9.97 Å². The summed E-state index contributed by atoms with van der Waals surface area (Å²) in [6.45, 7) is 0. The molecule has 2 rings (SSSR count). The minimum atomic E-state index is -3.35. The summed E-state index contributed by atoms with van der Waals surface area (Å²) in [5, 5.41) is 8.02. The molecule has 1 aromatic heterocycles. The lowest BCUT2D eigenvalue weighted by Gasteiger charge is -2.05. The van der Waals surface area contributed by atoms with E-state index in [0.29, 0.717) is 11.3 Å². The van der Waals surface area contributed by atoms with Crippen LogP contribution < -0.4 is 5.73 Å². The summed E-state index contributed by atoms with van der Waals surface area (Å²) in [7, 11) is -3.35. The topological polar surface area (TPSA) is 110 Å². The molecule has 110 valence electrons. The second-order valence-electron chi connectivity index (χ2n) is 4.15. The third-order valence-electron chi connectivity index (χ3n) is 2.68. The van der Waals surface area contributed by atoms with Crippen molar-refractivity contribution in [2.24, 2.45) is 5.73 Å². The van der Waals surface area contributed by atoms with Crippen molar-refractivity contribution < 1.29 is 8.42 Å². The van der Waals surface area contributed by atoms with Gasteiger partial charge in [-0.05, 0) is 18.2 Å². The highest BCUT2D eigenvalue weighted by atomic mass is 32.2. The highest BCUT2D eigenvalue weighted by Gasteiger charge is 2.14. The third kappa shape index (κ3) is 4.27. The van der Waals surface area contributed by atoms with Crippen molar-refractivity contribution in [2.45, 2.75) is 9.92 Å². The number of nitrogens with one attached hydrogen (secondary N) is 1. The lowest BCUT2D eigenvalue weighted by atomic mass is 10.2. The second kappa shape index (κ2) is 6.68. The van der Waals surface area contributed by atoms with E-state index in [-0.39, 0.29) is 16.5 Å². The Labute approximate surface area is 127 Å². The van der Waals surface area contributed by atoms with Crippen LogP contribution in [0.2, 0.25) is 0 Å². The van der Waals surface area contributed by atoms with Crippen LogP contribution in [0.25, 0.3) is 0 Å². The van der Waals surface area contributed by atoms with Crippen molar-refractivity contribution in [2.75, 3.05) is 11.5 Å². The molecule has 2 aromatic rings. The zero-order chi connectivity index (χ0) is 15.3. The fraction of sp³-hybridized carbons (Fsp3) is 0.154. The summed E-state index contributed by atoms with van der Waals surface area (Å²) in [6.07, 6.45) is 3.04. The maximum atomic E-state index is 12.2. The molecule has 0 atom stereocenters. The number of thioether (sulfide) groups is 1. The normalized spacial score (nSPS) is 11.2. The molecule has 8 heteroatoms. The van der Waals surface area contributed by atoms with E-state index in [2.05, 4.69) is 9.97 Å². The number of benzene rings is 1. The molecule has 6 nitrogen and oxygen atoms in total. The number of hydrogen-bond donors (Lipinski definition) is 2. The largest absolute Gasteiger partial charge is 0.384 e. The number of sulfone groups is 1. The van der Waals surface area contributed by atoms with Crippen molar-refractivity contribution in [3.63, 3.8) is 0 Å². The van der Waals surface area contributed by atoms with Crippen molar-refractivity contribution in [3.8, 4) is 0 Å². The van der Waals surface area contributed by atoms with Gasteiger partial charge in [0, 0.05) is 17.5 Å². The monoisotopic (exact) mass is 322 g/mol. The molecule has 0 amide bonds. The number of aromatic nitrogens is 2. The van der Waals surface area contributed by atoms with Gasteiger partial charge >= 0.3 is 0 Å². The summed E-state index contributed by atoms with van der Waals surface area (Å²) in [5.74, 6) is 0.341. The van der Waals surface area contributed by atoms with Crippen LogP contribution in [0.4, 0.5) is 0 Å². The van der Waals surface area contributed by atoms with Crippen LogP contribution in [0.1, 0.15) is 5.56 Å². The number of nitrogens with two attached hydrogens (primary N) is 1. The van der Waals surface area contributed by atoms with E-state index in [0.717, 1.165) is 5.03 Å². The molecule has 0 fully saturated rings. The molecule has 0 aliphatic carbocycles. The van der Waals surface area contributed by atoms with Crippen molar-refractivity contribution >= 4 is 27.4 Å². The summed E-state index contributed by atoms with van der Waals surface area (Å²) in [6, 6.07) is 7.75. The molecule has 1 aromatic carbocycles. The van der Waals surface area contributed by atoms with Crippen LogP contribution in [0.3, 0.4) is 0 Å². The van der Waals surface area contributed by atoms with Gasteiger partial charge in [-0.3, -0.25) is 5.41 Å². The standard InChI is InChI=1S/C13H14N4O2S2/c14-13(15)10-1-3-11(4-2-10)21(18,19)8-7-20-12-5-6-16-9-17-12/h1-6,9H,7-8H2,(H3,14,15). The van der Waals surface area contributed by atoms with Gasteiger partial charge in [0.1, 0.15) is 12.2 Å². The average molecular weight is 322 g/mol. The number of amidine groups is 1. The van der Waals surface area contributed by atoms with Crippen LogP contribution in [0, 0.1) is 5.41 Å². The van der Waals surface area contributed by atoms with Gasteiger partial charge in [0.2, 0.25) is 0 Å². The number of nitrogen functional groups attached to an aromatic ring is 1. The van der Waals surface area contributed by atoms with Gasteiger partial charge in [-0.15, -0.1) is 11.8 Å². The molecular weight excluding hydrogens is 308 g/mol. The Balaban J connectivity index is 2.00. The first kappa shape index (κ1) is 15.5. The molecule has 0 saturated carbocycles. The summed E-state index contributed by atoms with van der Waals surface area (Å²) in [5.41, 5.74) is 5.84. The number of hydrogen-bond acceptors (Lipinski definition) is 6. The molecule has 3 N–H and O–H groups in total. The smallest absolute Gasteiger partial charge is 0.179 e. The van der Waals surface area contributed by atoms with Gasteiger partial charge in [-0.1, -0.05) is 12.1 Å². The summed E-state index contributed by atoms with van der Waals surface area (Å²) >= 11 is 1.37. The molecule has 0 bridgehead atoms. The van der Waals surface area contributed by atoms with Crippen LogP contribution in [-0.2, 0) is 9.84 Å². The molecule has 0 unspecified atom stereocenters. The first-order valence-corrected chi connectivity index (χ1v) is 8.69. The van der Waals surface area contributed by atoms with E-state index in [9.17, 15) is 8.42 Å². The highest BCUT2D eigenvalue weighted by molar-refractivity contribution is 8.00. The zero-order valence-electron chi connectivity index (χ0n) is 11.1. The predicted molar refractivity (Wildman–Crippen MR) is 82.3 cm³/mol. The Morgan fingerprint density at radius 2 is 1.95 bits per heavy atom. The molecule has 0 radical (unpaired) electrons. The van der Waals surface area contributed by atoms with Gasteiger partial charge in [0.05, 0.1) is 15.7 Å². The Morgan fingerprint density at radius 3 is 2.52 bits per heavy atom. The minimum absolute atomic E-state index is 0.0150. The number of nitrogens with zero attached hydrogens (tertiary/aromatic N) is 2. The Kier molecular flexibility index (Phi) is 4.92. The van der Waals surface area contributed by atoms with Gasteiger partial charge in [-0.2, -0.15) is 0 Å². The maximum Gasteiger partial charge on any atom is 0.179 e. The zero-order valence-corrected chi connectivity index (χ0v) is 12.7. The Hall–Kier alpha value is -1.93. The van der Waals surface area contributed by atoms with Crippen LogP contribution in [-0.4, -0.2) is 35.7 Å².